The number of nitrogens with one attached hydrogen (secondary N) is 2. The maximum absolute atomic E-state index is 13.2. The van der Waals surface area contributed by atoms with Gasteiger partial charge in [-0.2, -0.15) is 5.10 Å². The van der Waals surface area contributed by atoms with Crippen molar-refractivity contribution in [1.82, 2.24) is 34.9 Å². The fourth-order valence-corrected chi connectivity index (χ4v) is 5.46. The first-order valence-electron chi connectivity index (χ1n) is 15.1. The zero-order chi connectivity index (χ0) is 31.4. The molecule has 232 valence electrons. The van der Waals surface area contributed by atoms with E-state index < -0.39 is 17.9 Å². The van der Waals surface area contributed by atoms with Crippen LogP contribution in [0, 0.1) is 6.92 Å². The molecule has 12 heteroatoms. The lowest BCUT2D eigenvalue weighted by atomic mass is 10.1. The minimum Gasteiger partial charge on any atom is -0.480 e. The van der Waals surface area contributed by atoms with Crippen LogP contribution in [0.5, 0.6) is 5.75 Å². The number of carbonyl (C=O) groups is 3. The number of hydrogen-bond acceptors (Lipinski definition) is 8. The van der Waals surface area contributed by atoms with Gasteiger partial charge in [0.25, 0.3) is 11.8 Å². The quantitative estimate of drug-likeness (QED) is 0.321. The van der Waals surface area contributed by atoms with Crippen LogP contribution in [0.15, 0.2) is 49.3 Å². The molecule has 2 fully saturated rings. The molecule has 1 aliphatic heterocycles. The molecule has 44 heavy (non-hydrogen) atoms. The van der Waals surface area contributed by atoms with Crippen LogP contribution in [0.25, 0.3) is 0 Å². The minimum absolute atomic E-state index is 0.00759. The summed E-state index contributed by atoms with van der Waals surface area (Å²) in [5.74, 6) is 0.192. The third-order valence-corrected chi connectivity index (χ3v) is 7.95. The number of aryl methyl sites for hydroxylation is 2. The first-order valence-corrected chi connectivity index (χ1v) is 15.1. The Hall–Kier alpha value is -4.58. The molecule has 4 heterocycles. The van der Waals surface area contributed by atoms with E-state index in [0.717, 1.165) is 5.69 Å². The normalized spacial score (nSPS) is 17.5. The van der Waals surface area contributed by atoms with Gasteiger partial charge < -0.3 is 20.3 Å². The van der Waals surface area contributed by atoms with Gasteiger partial charge in [0.15, 0.2) is 23.4 Å². The van der Waals surface area contributed by atoms with E-state index in [1.165, 1.54) is 24.5 Å². The van der Waals surface area contributed by atoms with Gasteiger partial charge in [-0.25, -0.2) is 4.98 Å². The second-order valence-electron chi connectivity index (χ2n) is 11.4. The highest BCUT2D eigenvalue weighted by Gasteiger charge is 2.31. The third-order valence-electron chi connectivity index (χ3n) is 7.95. The standard InChI is InChI=1S/C32H40N8O4/c1-6-28(41)40-15-14-39(18-21(40)4)19-26(24-11-10-23(17-34-24)22-8-9-22)44-25-16-20(3)29(36-30(25)31(42)33-7-2)32(43)35-27-12-13-38(5)37-27/h6,10-13,16-17,21-22,26H,1,7-9,14-15,18-19H2,2-5H3,(H,33,42)(H,35,37,43)/t21-,26-/m1/s1. The second kappa shape index (κ2) is 13.4. The van der Waals surface area contributed by atoms with Crippen LogP contribution in [0.2, 0.25) is 0 Å². The summed E-state index contributed by atoms with van der Waals surface area (Å²) in [5.41, 5.74) is 2.59. The Bertz CT molecular complexity index is 1530. The molecule has 3 aromatic heterocycles. The number of carbonyl (C=O) groups excluding carboxylic acids is 3. The van der Waals surface area contributed by atoms with Gasteiger partial charge in [-0.15, -0.1) is 0 Å². The molecule has 0 aromatic carbocycles. The molecule has 5 rings (SSSR count). The summed E-state index contributed by atoms with van der Waals surface area (Å²) < 4.78 is 8.19. The zero-order valence-electron chi connectivity index (χ0n) is 25.7. The maximum Gasteiger partial charge on any atom is 0.275 e. The van der Waals surface area contributed by atoms with Gasteiger partial charge in [0, 0.05) is 64.3 Å². The van der Waals surface area contributed by atoms with E-state index in [2.05, 4.69) is 38.3 Å². The van der Waals surface area contributed by atoms with Crippen LogP contribution in [0.3, 0.4) is 0 Å². The van der Waals surface area contributed by atoms with Crippen LogP contribution < -0.4 is 15.4 Å². The monoisotopic (exact) mass is 600 g/mol. The predicted molar refractivity (Wildman–Crippen MR) is 166 cm³/mol. The van der Waals surface area contributed by atoms with Crippen molar-refractivity contribution in [2.45, 2.75) is 51.7 Å². The Morgan fingerprint density at radius 2 is 1.95 bits per heavy atom. The van der Waals surface area contributed by atoms with Crippen molar-refractivity contribution in [1.29, 1.82) is 0 Å². The summed E-state index contributed by atoms with van der Waals surface area (Å²) in [6.07, 6.45) is 6.78. The van der Waals surface area contributed by atoms with E-state index in [-0.39, 0.29) is 29.1 Å². The van der Waals surface area contributed by atoms with Crippen molar-refractivity contribution in [2.75, 3.05) is 38.0 Å². The molecule has 0 radical (unpaired) electrons. The number of aromatic nitrogens is 4. The topological polar surface area (TPSA) is 135 Å². The van der Waals surface area contributed by atoms with Crippen LogP contribution >= 0.6 is 0 Å². The van der Waals surface area contributed by atoms with E-state index in [1.807, 2.05) is 31.0 Å². The molecule has 3 amide bonds. The van der Waals surface area contributed by atoms with Gasteiger partial charge in [-0.05, 0) is 68.9 Å². The van der Waals surface area contributed by atoms with Gasteiger partial charge in [-0.3, -0.25) is 28.9 Å². The molecule has 1 saturated carbocycles. The lowest BCUT2D eigenvalue weighted by Gasteiger charge is -2.40. The number of rotatable bonds is 11. The molecular weight excluding hydrogens is 560 g/mol. The summed E-state index contributed by atoms with van der Waals surface area (Å²) in [7, 11) is 1.75. The number of anilines is 1. The first-order chi connectivity index (χ1) is 21.2. The number of amides is 3. The largest absolute Gasteiger partial charge is 0.480 e. The summed E-state index contributed by atoms with van der Waals surface area (Å²) >= 11 is 0. The number of hydrogen-bond donors (Lipinski definition) is 2. The molecule has 12 nitrogen and oxygen atoms in total. The van der Waals surface area contributed by atoms with Crippen molar-refractivity contribution >= 4 is 23.5 Å². The van der Waals surface area contributed by atoms with Gasteiger partial charge in [0.1, 0.15) is 5.69 Å². The van der Waals surface area contributed by atoms with Crippen molar-refractivity contribution in [3.63, 3.8) is 0 Å². The SMILES string of the molecule is C=CC(=O)N1CCN(C[C@@H](Oc2cc(C)c(C(=O)Nc3ccn(C)n3)nc2C(=O)NCC)c2ccc(C3CC3)cn2)C[C@H]1C. The van der Waals surface area contributed by atoms with Crippen molar-refractivity contribution in [2.24, 2.45) is 7.05 Å². The lowest BCUT2D eigenvalue weighted by molar-refractivity contribution is -0.130. The van der Waals surface area contributed by atoms with Crippen molar-refractivity contribution < 1.29 is 19.1 Å². The highest BCUT2D eigenvalue weighted by Crippen LogP contribution is 2.40. The average Bonchev–Trinajstić information content (AvgIpc) is 3.78. The number of piperazine rings is 1. The summed E-state index contributed by atoms with van der Waals surface area (Å²) in [6, 6.07) is 7.43. The highest BCUT2D eigenvalue weighted by atomic mass is 16.5. The van der Waals surface area contributed by atoms with Crippen LogP contribution in [-0.2, 0) is 11.8 Å². The van der Waals surface area contributed by atoms with E-state index >= 15 is 0 Å². The predicted octanol–water partition coefficient (Wildman–Crippen LogP) is 3.24. The Balaban J connectivity index is 1.44. The van der Waals surface area contributed by atoms with Crippen LogP contribution in [0.4, 0.5) is 5.82 Å². The molecule has 0 bridgehead atoms. The Labute approximate surface area is 257 Å². The third kappa shape index (κ3) is 7.13. The number of ether oxygens (including phenoxy) is 1. The molecule has 1 aliphatic carbocycles. The molecular formula is C32H40N8O4. The van der Waals surface area contributed by atoms with E-state index in [0.29, 0.717) is 50.0 Å². The molecule has 2 N–H and O–H groups in total. The summed E-state index contributed by atoms with van der Waals surface area (Å²) in [4.78, 5) is 52.1. The highest BCUT2D eigenvalue weighted by molar-refractivity contribution is 6.05. The molecule has 0 unspecified atom stereocenters. The smallest absolute Gasteiger partial charge is 0.275 e. The lowest BCUT2D eigenvalue weighted by Crippen LogP contribution is -2.54. The number of nitrogens with zero attached hydrogens (tertiary/aromatic N) is 6. The van der Waals surface area contributed by atoms with Crippen molar-refractivity contribution in [3.8, 4) is 5.75 Å². The minimum atomic E-state index is -0.542. The van der Waals surface area contributed by atoms with Gasteiger partial charge in [0.2, 0.25) is 5.91 Å². The summed E-state index contributed by atoms with van der Waals surface area (Å²) in [6.45, 7) is 11.9. The fraction of sp³-hybridized carbons (Fsp3) is 0.438. The molecule has 2 atom stereocenters. The first kappa shape index (κ1) is 30.9. The Morgan fingerprint density at radius 3 is 2.57 bits per heavy atom. The zero-order valence-corrected chi connectivity index (χ0v) is 25.7. The molecule has 3 aromatic rings. The van der Waals surface area contributed by atoms with E-state index in [4.69, 9.17) is 9.72 Å². The molecule has 1 saturated heterocycles. The Kier molecular flexibility index (Phi) is 9.38. The fourth-order valence-electron chi connectivity index (χ4n) is 5.46. The second-order valence-corrected chi connectivity index (χ2v) is 11.4. The average molecular weight is 601 g/mol. The van der Waals surface area contributed by atoms with Gasteiger partial charge in [-0.1, -0.05) is 12.6 Å². The molecule has 0 spiro atoms. The van der Waals surface area contributed by atoms with Crippen LogP contribution in [-0.4, -0.2) is 86.0 Å². The van der Waals surface area contributed by atoms with E-state index in [9.17, 15) is 14.4 Å². The summed E-state index contributed by atoms with van der Waals surface area (Å²) in [5, 5.41) is 9.73. The Morgan fingerprint density at radius 1 is 1.16 bits per heavy atom. The van der Waals surface area contributed by atoms with Gasteiger partial charge in [0.05, 0.1) is 5.69 Å². The van der Waals surface area contributed by atoms with E-state index in [1.54, 1.807) is 37.0 Å². The molecule has 2 aliphatic rings. The van der Waals surface area contributed by atoms with Crippen molar-refractivity contribution in [3.05, 3.63) is 77.5 Å². The van der Waals surface area contributed by atoms with Gasteiger partial charge >= 0.3 is 0 Å². The number of pyridine rings is 2. The maximum atomic E-state index is 13.2. The van der Waals surface area contributed by atoms with Crippen LogP contribution in [0.1, 0.15) is 76.5 Å².